The highest BCUT2D eigenvalue weighted by molar-refractivity contribution is 7.99. The van der Waals surface area contributed by atoms with Crippen LogP contribution in [-0.4, -0.2) is 44.9 Å². The summed E-state index contributed by atoms with van der Waals surface area (Å²) in [5.41, 5.74) is -0.315. The number of aromatic amines is 1. The molecule has 0 radical (unpaired) electrons. The standard InChI is InChI=1S/C9H13N3O2S/c13-8(7-1-3-11-12-7)10-5-9(14)2-4-15-6-9/h1,3,14H,2,4-6H2,(H,10,13)(H,11,12). The Bertz CT molecular complexity index is 333. The van der Waals surface area contributed by atoms with Gasteiger partial charge in [-0.3, -0.25) is 9.89 Å². The molecule has 2 rings (SSSR count). The topological polar surface area (TPSA) is 78.0 Å². The number of hydrogen-bond acceptors (Lipinski definition) is 4. The minimum Gasteiger partial charge on any atom is -0.387 e. The summed E-state index contributed by atoms with van der Waals surface area (Å²) in [5, 5.41) is 18.9. The van der Waals surface area contributed by atoms with Gasteiger partial charge in [-0.25, -0.2) is 0 Å². The Balaban J connectivity index is 1.85. The van der Waals surface area contributed by atoms with E-state index < -0.39 is 5.60 Å². The minimum absolute atomic E-state index is 0.224. The lowest BCUT2D eigenvalue weighted by molar-refractivity contribution is 0.0611. The number of nitrogens with zero attached hydrogens (tertiary/aromatic N) is 1. The molecule has 1 amide bonds. The van der Waals surface area contributed by atoms with E-state index >= 15 is 0 Å². The molecule has 6 heteroatoms. The van der Waals surface area contributed by atoms with E-state index in [1.54, 1.807) is 17.8 Å². The summed E-state index contributed by atoms with van der Waals surface area (Å²) >= 11 is 1.71. The summed E-state index contributed by atoms with van der Waals surface area (Å²) in [6.45, 7) is 0.303. The third kappa shape index (κ3) is 2.51. The van der Waals surface area contributed by atoms with Crippen LogP contribution in [0.3, 0.4) is 0 Å². The first-order valence-corrected chi connectivity index (χ1v) is 5.93. The van der Waals surface area contributed by atoms with E-state index in [0.717, 1.165) is 12.2 Å². The molecule has 0 aliphatic carbocycles. The largest absolute Gasteiger partial charge is 0.387 e. The minimum atomic E-state index is -0.736. The Morgan fingerprint density at radius 1 is 1.80 bits per heavy atom. The van der Waals surface area contributed by atoms with Crippen molar-refractivity contribution in [2.75, 3.05) is 18.1 Å². The lowest BCUT2D eigenvalue weighted by Crippen LogP contribution is -2.43. The van der Waals surface area contributed by atoms with E-state index in [1.807, 2.05) is 0 Å². The van der Waals surface area contributed by atoms with Crippen LogP contribution in [-0.2, 0) is 0 Å². The number of rotatable bonds is 3. The van der Waals surface area contributed by atoms with Crippen molar-refractivity contribution in [2.24, 2.45) is 0 Å². The van der Waals surface area contributed by atoms with Crippen LogP contribution in [0.4, 0.5) is 0 Å². The van der Waals surface area contributed by atoms with Crippen molar-refractivity contribution in [3.63, 3.8) is 0 Å². The first kappa shape index (κ1) is 10.5. The van der Waals surface area contributed by atoms with Gasteiger partial charge in [0.2, 0.25) is 0 Å². The summed E-state index contributed by atoms with van der Waals surface area (Å²) in [6, 6.07) is 1.60. The van der Waals surface area contributed by atoms with E-state index in [9.17, 15) is 9.90 Å². The van der Waals surface area contributed by atoms with Gasteiger partial charge in [-0.05, 0) is 18.2 Å². The Morgan fingerprint density at radius 3 is 3.27 bits per heavy atom. The smallest absolute Gasteiger partial charge is 0.269 e. The second-order valence-corrected chi connectivity index (χ2v) is 4.79. The maximum atomic E-state index is 11.5. The SMILES string of the molecule is O=C(NCC1(O)CCSC1)c1ccn[nH]1. The van der Waals surface area contributed by atoms with Gasteiger partial charge in [0.15, 0.2) is 0 Å². The molecule has 1 saturated heterocycles. The van der Waals surface area contributed by atoms with Gasteiger partial charge >= 0.3 is 0 Å². The van der Waals surface area contributed by atoms with Gasteiger partial charge in [-0.15, -0.1) is 0 Å². The summed E-state index contributed by atoms with van der Waals surface area (Å²) in [7, 11) is 0. The lowest BCUT2D eigenvalue weighted by atomic mass is 10.0. The van der Waals surface area contributed by atoms with Crippen molar-refractivity contribution in [3.8, 4) is 0 Å². The molecule has 0 saturated carbocycles. The average molecular weight is 227 g/mol. The highest BCUT2D eigenvalue weighted by atomic mass is 32.2. The number of aliphatic hydroxyl groups is 1. The molecular formula is C9H13N3O2S. The number of amides is 1. The van der Waals surface area contributed by atoms with Crippen LogP contribution in [0.1, 0.15) is 16.9 Å². The first-order chi connectivity index (χ1) is 7.20. The summed E-state index contributed by atoms with van der Waals surface area (Å²) in [4.78, 5) is 11.5. The third-order valence-electron chi connectivity index (χ3n) is 2.41. The zero-order valence-electron chi connectivity index (χ0n) is 8.19. The van der Waals surface area contributed by atoms with Gasteiger partial charge in [0.1, 0.15) is 5.69 Å². The number of hydrogen-bond donors (Lipinski definition) is 3. The predicted molar refractivity (Wildman–Crippen MR) is 57.8 cm³/mol. The number of aromatic nitrogens is 2. The van der Waals surface area contributed by atoms with E-state index in [4.69, 9.17) is 0 Å². The van der Waals surface area contributed by atoms with Crippen molar-refractivity contribution in [3.05, 3.63) is 18.0 Å². The van der Waals surface area contributed by atoms with Crippen LogP contribution in [0.2, 0.25) is 0 Å². The highest BCUT2D eigenvalue weighted by Crippen LogP contribution is 2.26. The maximum Gasteiger partial charge on any atom is 0.269 e. The molecule has 5 nitrogen and oxygen atoms in total. The summed E-state index contributed by atoms with van der Waals surface area (Å²) < 4.78 is 0. The molecule has 0 spiro atoms. The fourth-order valence-corrected chi connectivity index (χ4v) is 2.75. The van der Waals surface area contributed by atoms with Crippen molar-refractivity contribution < 1.29 is 9.90 Å². The fraction of sp³-hybridized carbons (Fsp3) is 0.556. The average Bonchev–Trinajstić information content (AvgIpc) is 2.85. The molecule has 15 heavy (non-hydrogen) atoms. The number of thioether (sulfide) groups is 1. The fourth-order valence-electron chi connectivity index (χ4n) is 1.46. The molecule has 0 aromatic carbocycles. The molecule has 82 valence electrons. The van der Waals surface area contributed by atoms with Crippen LogP contribution in [0.25, 0.3) is 0 Å². The van der Waals surface area contributed by atoms with E-state index in [2.05, 4.69) is 15.5 Å². The van der Waals surface area contributed by atoms with Gasteiger partial charge in [0.25, 0.3) is 5.91 Å². The molecule has 1 aromatic rings. The summed E-state index contributed by atoms with van der Waals surface area (Å²) in [5.74, 6) is 1.42. The predicted octanol–water partition coefficient (Wildman–Crippen LogP) is 0.00750. The van der Waals surface area contributed by atoms with E-state index in [-0.39, 0.29) is 5.91 Å². The second kappa shape index (κ2) is 4.24. The van der Waals surface area contributed by atoms with Gasteiger partial charge < -0.3 is 10.4 Å². The molecule has 0 bridgehead atoms. The number of H-pyrrole nitrogens is 1. The van der Waals surface area contributed by atoms with Gasteiger partial charge in [-0.1, -0.05) is 0 Å². The Kier molecular flexibility index (Phi) is 2.97. The zero-order chi connectivity index (χ0) is 10.7. The maximum absolute atomic E-state index is 11.5. The zero-order valence-corrected chi connectivity index (χ0v) is 9.01. The molecule has 2 heterocycles. The van der Waals surface area contributed by atoms with Crippen molar-refractivity contribution in [1.82, 2.24) is 15.5 Å². The van der Waals surface area contributed by atoms with Crippen LogP contribution >= 0.6 is 11.8 Å². The van der Waals surface area contributed by atoms with Crippen molar-refractivity contribution >= 4 is 17.7 Å². The normalized spacial score (nSPS) is 25.4. The number of nitrogens with one attached hydrogen (secondary N) is 2. The molecule has 1 aliphatic rings. The first-order valence-electron chi connectivity index (χ1n) is 4.77. The van der Waals surface area contributed by atoms with E-state index in [0.29, 0.717) is 18.0 Å². The quantitative estimate of drug-likeness (QED) is 0.679. The van der Waals surface area contributed by atoms with Crippen LogP contribution in [0, 0.1) is 0 Å². The molecular weight excluding hydrogens is 214 g/mol. The van der Waals surface area contributed by atoms with Crippen LogP contribution < -0.4 is 5.32 Å². The van der Waals surface area contributed by atoms with Gasteiger partial charge in [0, 0.05) is 18.5 Å². The Morgan fingerprint density at radius 2 is 2.67 bits per heavy atom. The third-order valence-corrected chi connectivity index (χ3v) is 3.64. The van der Waals surface area contributed by atoms with Gasteiger partial charge in [-0.2, -0.15) is 16.9 Å². The Labute approximate surface area is 91.6 Å². The summed E-state index contributed by atoms with van der Waals surface area (Å²) in [6.07, 6.45) is 2.26. The molecule has 1 aliphatic heterocycles. The molecule has 1 fully saturated rings. The van der Waals surface area contributed by atoms with Gasteiger partial charge in [0.05, 0.1) is 5.60 Å². The number of carbonyl (C=O) groups excluding carboxylic acids is 1. The highest BCUT2D eigenvalue weighted by Gasteiger charge is 2.32. The number of carbonyl (C=O) groups is 1. The monoisotopic (exact) mass is 227 g/mol. The molecule has 1 unspecified atom stereocenters. The van der Waals surface area contributed by atoms with E-state index in [1.165, 1.54) is 6.20 Å². The molecule has 3 N–H and O–H groups in total. The lowest BCUT2D eigenvalue weighted by Gasteiger charge is -2.21. The van der Waals surface area contributed by atoms with Crippen LogP contribution in [0.15, 0.2) is 12.3 Å². The van der Waals surface area contributed by atoms with Crippen LogP contribution in [0.5, 0.6) is 0 Å². The Hall–Kier alpha value is -1.01. The second-order valence-electron chi connectivity index (χ2n) is 3.68. The van der Waals surface area contributed by atoms with Crippen molar-refractivity contribution in [1.29, 1.82) is 0 Å². The molecule has 1 aromatic heterocycles. The van der Waals surface area contributed by atoms with Crippen molar-refractivity contribution in [2.45, 2.75) is 12.0 Å². The molecule has 1 atom stereocenters.